The molecule has 0 saturated heterocycles. The fraction of sp³-hybridized carbons (Fsp3) is 0.833. The number of amides is 1. The molecular weight excluding hydrogens is 190 g/mol. The van der Waals surface area contributed by atoms with Crippen LogP contribution in [0.5, 0.6) is 0 Å². The van der Waals surface area contributed by atoms with E-state index >= 15 is 0 Å². The van der Waals surface area contributed by atoms with Crippen LogP contribution in [0.3, 0.4) is 0 Å². The number of rotatable bonds is 4. The molecule has 0 radical (unpaired) electrons. The van der Waals surface area contributed by atoms with Gasteiger partial charge in [-0.25, -0.2) is 0 Å². The SMILES string of the molecule is CCC1CCC(C(=O)NCC(C)=O)CC1. The number of nitrogens with one attached hydrogen (secondary N) is 1. The molecule has 0 atom stereocenters. The molecule has 3 heteroatoms. The molecule has 0 spiro atoms. The number of carbonyl (C=O) groups is 2. The summed E-state index contributed by atoms with van der Waals surface area (Å²) in [7, 11) is 0. The third kappa shape index (κ3) is 4.02. The minimum atomic E-state index is 0.0191. The van der Waals surface area contributed by atoms with Crippen LogP contribution in [0.25, 0.3) is 0 Å². The minimum absolute atomic E-state index is 0.0191. The largest absolute Gasteiger partial charge is 0.349 e. The van der Waals surface area contributed by atoms with Gasteiger partial charge in [0, 0.05) is 5.92 Å². The lowest BCUT2D eigenvalue weighted by atomic mass is 9.80. The molecule has 1 aliphatic carbocycles. The molecule has 1 aliphatic rings. The second-order valence-corrected chi connectivity index (χ2v) is 4.55. The van der Waals surface area contributed by atoms with Crippen LogP contribution in [-0.2, 0) is 9.59 Å². The quantitative estimate of drug-likeness (QED) is 0.772. The first-order valence-corrected chi connectivity index (χ1v) is 5.90. The van der Waals surface area contributed by atoms with Crippen molar-refractivity contribution < 1.29 is 9.59 Å². The number of ketones is 1. The zero-order chi connectivity index (χ0) is 11.3. The lowest BCUT2D eigenvalue weighted by molar-refractivity contribution is -0.128. The maximum atomic E-state index is 11.6. The van der Waals surface area contributed by atoms with Crippen LogP contribution in [0.4, 0.5) is 0 Å². The van der Waals surface area contributed by atoms with E-state index < -0.39 is 0 Å². The van der Waals surface area contributed by atoms with E-state index in [1.54, 1.807) is 0 Å². The lowest BCUT2D eigenvalue weighted by Crippen LogP contribution is -2.35. The van der Waals surface area contributed by atoms with Crippen molar-refractivity contribution in [3.8, 4) is 0 Å². The predicted octanol–water partition coefficient (Wildman–Crippen LogP) is 1.91. The zero-order valence-electron chi connectivity index (χ0n) is 9.71. The Labute approximate surface area is 91.6 Å². The Morgan fingerprint density at radius 1 is 1.20 bits per heavy atom. The van der Waals surface area contributed by atoms with Crippen LogP contribution in [0.15, 0.2) is 0 Å². The van der Waals surface area contributed by atoms with Crippen molar-refractivity contribution in [3.63, 3.8) is 0 Å². The number of hydrogen-bond donors (Lipinski definition) is 1. The van der Waals surface area contributed by atoms with Crippen molar-refractivity contribution in [2.24, 2.45) is 11.8 Å². The molecule has 0 aromatic heterocycles. The van der Waals surface area contributed by atoms with Gasteiger partial charge in [-0.2, -0.15) is 0 Å². The Hall–Kier alpha value is -0.860. The lowest BCUT2D eigenvalue weighted by Gasteiger charge is -2.26. The van der Waals surface area contributed by atoms with E-state index in [2.05, 4.69) is 12.2 Å². The molecule has 0 unspecified atom stereocenters. The van der Waals surface area contributed by atoms with E-state index in [9.17, 15) is 9.59 Å². The summed E-state index contributed by atoms with van der Waals surface area (Å²) in [4.78, 5) is 22.3. The topological polar surface area (TPSA) is 46.2 Å². The molecule has 86 valence electrons. The summed E-state index contributed by atoms with van der Waals surface area (Å²) in [5, 5.41) is 2.70. The van der Waals surface area contributed by atoms with Crippen molar-refractivity contribution >= 4 is 11.7 Å². The maximum Gasteiger partial charge on any atom is 0.223 e. The second-order valence-electron chi connectivity index (χ2n) is 4.55. The Bertz CT molecular complexity index is 230. The maximum absolute atomic E-state index is 11.6. The first-order chi connectivity index (χ1) is 7.13. The summed E-state index contributed by atoms with van der Waals surface area (Å²) in [6.07, 6.45) is 5.52. The molecule has 1 saturated carbocycles. The van der Waals surface area contributed by atoms with Crippen molar-refractivity contribution in [1.29, 1.82) is 0 Å². The van der Waals surface area contributed by atoms with Crippen molar-refractivity contribution in [2.45, 2.75) is 46.0 Å². The van der Waals surface area contributed by atoms with Gasteiger partial charge >= 0.3 is 0 Å². The summed E-state index contributed by atoms with van der Waals surface area (Å²) in [5.41, 5.74) is 0. The number of carbonyl (C=O) groups excluding carboxylic acids is 2. The Balaban J connectivity index is 2.27. The van der Waals surface area contributed by atoms with Gasteiger partial charge in [-0.1, -0.05) is 13.3 Å². The van der Waals surface area contributed by atoms with Crippen molar-refractivity contribution in [3.05, 3.63) is 0 Å². The van der Waals surface area contributed by atoms with E-state index in [1.807, 2.05) is 0 Å². The van der Waals surface area contributed by atoms with E-state index in [0.717, 1.165) is 31.6 Å². The van der Waals surface area contributed by atoms with Crippen LogP contribution >= 0.6 is 0 Å². The van der Waals surface area contributed by atoms with E-state index in [0.29, 0.717) is 0 Å². The summed E-state index contributed by atoms with van der Waals surface area (Å²) < 4.78 is 0. The molecule has 1 rings (SSSR count). The van der Waals surface area contributed by atoms with Crippen LogP contribution < -0.4 is 5.32 Å². The molecule has 1 amide bonds. The standard InChI is InChI=1S/C12H21NO2/c1-3-10-4-6-11(7-5-10)12(15)13-8-9(2)14/h10-11H,3-8H2,1-2H3,(H,13,15). The monoisotopic (exact) mass is 211 g/mol. The normalized spacial score (nSPS) is 26.0. The highest BCUT2D eigenvalue weighted by atomic mass is 16.2. The highest BCUT2D eigenvalue weighted by Crippen LogP contribution is 2.30. The fourth-order valence-corrected chi connectivity index (χ4v) is 2.19. The van der Waals surface area contributed by atoms with Gasteiger partial charge in [0.25, 0.3) is 0 Å². The van der Waals surface area contributed by atoms with Crippen molar-refractivity contribution in [2.75, 3.05) is 6.54 Å². The summed E-state index contributed by atoms with van der Waals surface area (Å²) >= 11 is 0. The van der Waals surface area contributed by atoms with Gasteiger partial charge in [0.15, 0.2) is 0 Å². The van der Waals surface area contributed by atoms with E-state index in [1.165, 1.54) is 13.3 Å². The zero-order valence-corrected chi connectivity index (χ0v) is 9.71. The van der Waals surface area contributed by atoms with Gasteiger partial charge in [0.1, 0.15) is 5.78 Å². The van der Waals surface area contributed by atoms with Gasteiger partial charge in [0.2, 0.25) is 5.91 Å². The predicted molar refractivity (Wildman–Crippen MR) is 59.4 cm³/mol. The minimum Gasteiger partial charge on any atom is -0.349 e. The average molecular weight is 211 g/mol. The highest BCUT2D eigenvalue weighted by molar-refractivity contribution is 5.85. The molecule has 15 heavy (non-hydrogen) atoms. The molecule has 0 heterocycles. The van der Waals surface area contributed by atoms with Gasteiger partial charge in [-0.05, 0) is 38.5 Å². The smallest absolute Gasteiger partial charge is 0.223 e. The second kappa shape index (κ2) is 5.89. The Morgan fingerprint density at radius 2 is 1.80 bits per heavy atom. The molecular formula is C12H21NO2. The third-order valence-corrected chi connectivity index (χ3v) is 3.31. The fourth-order valence-electron chi connectivity index (χ4n) is 2.19. The van der Waals surface area contributed by atoms with Gasteiger partial charge < -0.3 is 5.32 Å². The van der Waals surface area contributed by atoms with E-state index in [-0.39, 0.29) is 24.2 Å². The van der Waals surface area contributed by atoms with Gasteiger partial charge in [-0.3, -0.25) is 9.59 Å². The molecule has 1 fully saturated rings. The van der Waals surface area contributed by atoms with Crippen LogP contribution in [-0.4, -0.2) is 18.2 Å². The molecule has 0 aliphatic heterocycles. The van der Waals surface area contributed by atoms with E-state index in [4.69, 9.17) is 0 Å². The van der Waals surface area contributed by atoms with Gasteiger partial charge in [0.05, 0.1) is 6.54 Å². The highest BCUT2D eigenvalue weighted by Gasteiger charge is 2.25. The number of Topliss-reactive ketones (excluding diaryl/α,β-unsaturated/α-hetero) is 1. The third-order valence-electron chi connectivity index (χ3n) is 3.31. The van der Waals surface area contributed by atoms with Crippen molar-refractivity contribution in [1.82, 2.24) is 5.32 Å². The summed E-state index contributed by atoms with van der Waals surface area (Å²) in [5.74, 6) is 1.04. The Morgan fingerprint density at radius 3 is 2.27 bits per heavy atom. The molecule has 3 nitrogen and oxygen atoms in total. The van der Waals surface area contributed by atoms with Crippen LogP contribution in [0, 0.1) is 11.8 Å². The first-order valence-electron chi connectivity index (χ1n) is 5.90. The van der Waals surface area contributed by atoms with Gasteiger partial charge in [-0.15, -0.1) is 0 Å². The molecule has 0 aromatic carbocycles. The number of hydrogen-bond acceptors (Lipinski definition) is 2. The summed E-state index contributed by atoms with van der Waals surface area (Å²) in [6.45, 7) is 3.89. The summed E-state index contributed by atoms with van der Waals surface area (Å²) in [6, 6.07) is 0. The molecule has 1 N–H and O–H groups in total. The van der Waals surface area contributed by atoms with Crippen LogP contribution in [0.1, 0.15) is 46.0 Å². The first kappa shape index (κ1) is 12.2. The Kier molecular flexibility index (Phi) is 4.79. The van der Waals surface area contributed by atoms with Crippen LogP contribution in [0.2, 0.25) is 0 Å². The molecule has 0 aromatic rings. The average Bonchev–Trinajstić information content (AvgIpc) is 2.26. The molecule has 0 bridgehead atoms.